The van der Waals surface area contributed by atoms with Gasteiger partial charge in [0.05, 0.1) is 7.11 Å². The van der Waals surface area contributed by atoms with E-state index >= 15 is 0 Å². The van der Waals surface area contributed by atoms with Crippen molar-refractivity contribution in [3.05, 3.63) is 42.5 Å². The van der Waals surface area contributed by atoms with E-state index in [0.29, 0.717) is 0 Å². The molecule has 82 valence electrons. The molecule has 0 fully saturated rings. The average Bonchev–Trinajstić information content (AvgIpc) is 2.78. The summed E-state index contributed by atoms with van der Waals surface area (Å²) in [5.41, 5.74) is 0.858. The van der Waals surface area contributed by atoms with Crippen LogP contribution >= 0.6 is 0 Å². The summed E-state index contributed by atoms with van der Waals surface area (Å²) in [7, 11) is 1.59. The largest absolute Gasteiger partial charge is 0.497 e. The van der Waals surface area contributed by atoms with Gasteiger partial charge >= 0.3 is 5.97 Å². The van der Waals surface area contributed by atoms with Crippen molar-refractivity contribution < 1.29 is 14.6 Å². The predicted molar refractivity (Wildman–Crippen MR) is 57.1 cm³/mol. The van der Waals surface area contributed by atoms with Crippen molar-refractivity contribution >= 4 is 5.97 Å². The molecule has 0 atom stereocenters. The van der Waals surface area contributed by atoms with Gasteiger partial charge in [-0.3, -0.25) is 0 Å². The standard InChI is InChI=1S/C11H10N2O3/c1-16-9-4-2-8(3-5-9)13-6-10(11(14)15)12-7-13/h2-7H,1H3,(H,14,15). The Morgan fingerprint density at radius 3 is 2.56 bits per heavy atom. The summed E-state index contributed by atoms with van der Waals surface area (Å²) < 4.78 is 6.67. The molecule has 2 aromatic rings. The first-order valence-corrected chi connectivity index (χ1v) is 4.62. The second-order valence-electron chi connectivity index (χ2n) is 3.17. The first kappa shape index (κ1) is 10.2. The van der Waals surface area contributed by atoms with Crippen LogP contribution in [0.25, 0.3) is 5.69 Å². The molecule has 16 heavy (non-hydrogen) atoms. The Labute approximate surface area is 91.9 Å². The van der Waals surface area contributed by atoms with Gasteiger partial charge in [0.15, 0.2) is 5.69 Å². The van der Waals surface area contributed by atoms with Crippen molar-refractivity contribution in [1.29, 1.82) is 0 Å². The molecule has 5 heteroatoms. The fourth-order valence-electron chi connectivity index (χ4n) is 1.33. The highest BCUT2D eigenvalue weighted by molar-refractivity contribution is 5.85. The van der Waals surface area contributed by atoms with Crippen LogP contribution in [0.2, 0.25) is 0 Å². The van der Waals surface area contributed by atoms with Crippen molar-refractivity contribution in [2.45, 2.75) is 0 Å². The molecule has 0 aliphatic heterocycles. The topological polar surface area (TPSA) is 64.4 Å². The second-order valence-corrected chi connectivity index (χ2v) is 3.17. The number of nitrogens with zero attached hydrogens (tertiary/aromatic N) is 2. The highest BCUT2D eigenvalue weighted by atomic mass is 16.5. The third kappa shape index (κ3) is 1.88. The molecular formula is C11H10N2O3. The molecule has 1 N–H and O–H groups in total. The minimum atomic E-state index is -1.03. The number of ether oxygens (including phenoxy) is 1. The molecule has 0 radical (unpaired) electrons. The SMILES string of the molecule is COc1ccc(-n2cnc(C(=O)O)c2)cc1. The number of carboxylic acid groups (broad SMARTS) is 1. The molecule has 1 heterocycles. The molecule has 1 aromatic heterocycles. The Morgan fingerprint density at radius 1 is 1.38 bits per heavy atom. The summed E-state index contributed by atoms with van der Waals surface area (Å²) in [6.07, 6.45) is 2.93. The van der Waals surface area contributed by atoms with Crippen LogP contribution in [0, 0.1) is 0 Å². The molecule has 1 aromatic carbocycles. The summed E-state index contributed by atoms with van der Waals surface area (Å²) >= 11 is 0. The zero-order valence-corrected chi connectivity index (χ0v) is 8.62. The minimum Gasteiger partial charge on any atom is -0.497 e. The van der Waals surface area contributed by atoms with Gasteiger partial charge in [0.25, 0.3) is 0 Å². The molecule has 0 bridgehead atoms. The maximum Gasteiger partial charge on any atom is 0.356 e. The number of methoxy groups -OCH3 is 1. The van der Waals surface area contributed by atoms with E-state index < -0.39 is 5.97 Å². The average molecular weight is 218 g/mol. The van der Waals surface area contributed by atoms with Crippen molar-refractivity contribution in [2.24, 2.45) is 0 Å². The van der Waals surface area contributed by atoms with Crippen LogP contribution in [0.1, 0.15) is 10.5 Å². The van der Waals surface area contributed by atoms with Crippen LogP contribution in [0.15, 0.2) is 36.8 Å². The van der Waals surface area contributed by atoms with Gasteiger partial charge in [-0.05, 0) is 24.3 Å². The van der Waals surface area contributed by atoms with E-state index in [1.54, 1.807) is 23.8 Å². The maximum absolute atomic E-state index is 10.7. The van der Waals surface area contributed by atoms with Gasteiger partial charge < -0.3 is 14.4 Å². The van der Waals surface area contributed by atoms with Crippen LogP contribution in [0.4, 0.5) is 0 Å². The monoisotopic (exact) mass is 218 g/mol. The number of aromatic nitrogens is 2. The molecule has 2 rings (SSSR count). The number of aromatic carboxylic acids is 1. The van der Waals surface area contributed by atoms with Gasteiger partial charge in [0.1, 0.15) is 12.1 Å². The summed E-state index contributed by atoms with van der Waals surface area (Å²) in [5, 5.41) is 8.73. The van der Waals surface area contributed by atoms with E-state index in [4.69, 9.17) is 9.84 Å². The van der Waals surface area contributed by atoms with Crippen LogP contribution in [-0.4, -0.2) is 27.7 Å². The van der Waals surface area contributed by atoms with Crippen molar-refractivity contribution in [3.63, 3.8) is 0 Å². The van der Waals surface area contributed by atoms with Gasteiger partial charge in [-0.2, -0.15) is 0 Å². The van der Waals surface area contributed by atoms with Gasteiger partial charge in [-0.25, -0.2) is 9.78 Å². The van der Waals surface area contributed by atoms with E-state index in [1.807, 2.05) is 12.1 Å². The lowest BCUT2D eigenvalue weighted by Crippen LogP contribution is -1.95. The lowest BCUT2D eigenvalue weighted by atomic mass is 10.3. The van der Waals surface area contributed by atoms with E-state index in [-0.39, 0.29) is 5.69 Å². The van der Waals surface area contributed by atoms with Gasteiger partial charge in [-0.15, -0.1) is 0 Å². The van der Waals surface area contributed by atoms with Crippen LogP contribution in [-0.2, 0) is 0 Å². The summed E-state index contributed by atoms with van der Waals surface area (Å²) in [5.74, 6) is -0.283. The lowest BCUT2D eigenvalue weighted by molar-refractivity contribution is 0.0691. The summed E-state index contributed by atoms with van der Waals surface area (Å²) in [6.45, 7) is 0. The van der Waals surface area contributed by atoms with Crippen molar-refractivity contribution in [2.75, 3.05) is 7.11 Å². The quantitative estimate of drug-likeness (QED) is 0.849. The van der Waals surface area contributed by atoms with E-state index in [9.17, 15) is 4.79 Å². The smallest absolute Gasteiger partial charge is 0.356 e. The molecule has 0 aliphatic rings. The van der Waals surface area contributed by atoms with Crippen LogP contribution < -0.4 is 4.74 Å². The molecule has 0 saturated carbocycles. The predicted octanol–water partition coefficient (Wildman–Crippen LogP) is 1.58. The second kappa shape index (κ2) is 4.06. The number of hydrogen-bond donors (Lipinski definition) is 1. The Bertz CT molecular complexity index is 502. The van der Waals surface area contributed by atoms with Crippen LogP contribution in [0.5, 0.6) is 5.75 Å². The number of imidazole rings is 1. The molecule has 0 saturated heterocycles. The Balaban J connectivity index is 2.31. The third-order valence-electron chi connectivity index (χ3n) is 2.17. The third-order valence-corrected chi connectivity index (χ3v) is 2.17. The number of carbonyl (C=O) groups is 1. The highest BCUT2D eigenvalue weighted by Crippen LogP contribution is 2.14. The number of benzene rings is 1. The lowest BCUT2D eigenvalue weighted by Gasteiger charge is -2.03. The minimum absolute atomic E-state index is 0.0239. The van der Waals surface area contributed by atoms with E-state index in [1.165, 1.54) is 12.5 Å². The fraction of sp³-hybridized carbons (Fsp3) is 0.0909. The first-order valence-electron chi connectivity index (χ1n) is 4.62. The number of carboxylic acids is 1. The number of hydrogen-bond acceptors (Lipinski definition) is 3. The number of rotatable bonds is 3. The molecule has 0 aliphatic carbocycles. The summed E-state index contributed by atoms with van der Waals surface area (Å²) in [4.78, 5) is 14.4. The Kier molecular flexibility index (Phi) is 2.59. The molecule has 0 unspecified atom stereocenters. The zero-order valence-electron chi connectivity index (χ0n) is 8.62. The molecular weight excluding hydrogens is 208 g/mol. The van der Waals surface area contributed by atoms with E-state index in [0.717, 1.165) is 11.4 Å². The summed E-state index contributed by atoms with van der Waals surface area (Å²) in [6, 6.07) is 7.25. The maximum atomic E-state index is 10.7. The van der Waals surface area contributed by atoms with Gasteiger partial charge in [0.2, 0.25) is 0 Å². The molecule has 5 nitrogen and oxygen atoms in total. The Morgan fingerprint density at radius 2 is 2.06 bits per heavy atom. The van der Waals surface area contributed by atoms with Crippen molar-refractivity contribution in [3.8, 4) is 11.4 Å². The molecule has 0 amide bonds. The van der Waals surface area contributed by atoms with E-state index in [2.05, 4.69) is 4.98 Å². The van der Waals surface area contributed by atoms with Gasteiger partial charge in [0, 0.05) is 11.9 Å². The Hall–Kier alpha value is -2.30. The van der Waals surface area contributed by atoms with Crippen LogP contribution in [0.3, 0.4) is 0 Å². The van der Waals surface area contributed by atoms with Gasteiger partial charge in [-0.1, -0.05) is 0 Å². The molecule has 0 spiro atoms. The first-order chi connectivity index (χ1) is 7.70. The zero-order chi connectivity index (χ0) is 11.5. The fourth-order valence-corrected chi connectivity index (χ4v) is 1.33. The normalized spacial score (nSPS) is 10.1. The highest BCUT2D eigenvalue weighted by Gasteiger charge is 2.07. The van der Waals surface area contributed by atoms with Crippen molar-refractivity contribution in [1.82, 2.24) is 9.55 Å².